The molecule has 1 amide bonds. The summed E-state index contributed by atoms with van der Waals surface area (Å²) in [5.41, 5.74) is 0.611. The van der Waals surface area contributed by atoms with Gasteiger partial charge in [0.2, 0.25) is 0 Å². The van der Waals surface area contributed by atoms with Gasteiger partial charge >= 0.3 is 12.1 Å². The van der Waals surface area contributed by atoms with E-state index in [-0.39, 0.29) is 0 Å². The van der Waals surface area contributed by atoms with Gasteiger partial charge in [-0.15, -0.1) is 0 Å². The van der Waals surface area contributed by atoms with Crippen LogP contribution in [0.25, 0.3) is 0 Å². The first-order valence-electron chi connectivity index (χ1n) is 4.92. The molecule has 1 aliphatic heterocycles. The van der Waals surface area contributed by atoms with Crippen molar-refractivity contribution in [1.29, 1.82) is 0 Å². The number of carbonyl (C=O) groups is 2. The molecule has 1 aromatic carbocycles. The minimum Gasteiger partial charge on any atom is -0.480 e. The van der Waals surface area contributed by atoms with Crippen LogP contribution in [-0.4, -0.2) is 35.2 Å². The van der Waals surface area contributed by atoms with E-state index in [0.717, 1.165) is 4.90 Å². The van der Waals surface area contributed by atoms with E-state index in [1.54, 1.807) is 24.3 Å². The van der Waals surface area contributed by atoms with Gasteiger partial charge in [-0.2, -0.15) is 0 Å². The van der Waals surface area contributed by atoms with Gasteiger partial charge in [0, 0.05) is 12.1 Å². The molecule has 0 bridgehead atoms. The zero-order chi connectivity index (χ0) is 12.6. The molecular weight excluding hydrogens is 246 g/mol. The summed E-state index contributed by atoms with van der Waals surface area (Å²) in [5.74, 6) is -1.10. The average molecular weight is 256 g/mol. The quantitative estimate of drug-likeness (QED) is 0.877. The predicted octanol–water partition coefficient (Wildman–Crippen LogP) is 1.92. The lowest BCUT2D eigenvalue weighted by molar-refractivity contribution is -0.142. The van der Waals surface area contributed by atoms with E-state index in [1.165, 1.54) is 7.05 Å². The van der Waals surface area contributed by atoms with E-state index in [0.29, 0.717) is 10.6 Å². The molecule has 1 aromatic rings. The van der Waals surface area contributed by atoms with Crippen molar-refractivity contribution in [2.45, 2.75) is 12.1 Å². The fraction of sp³-hybridized carbons (Fsp3) is 0.273. The third kappa shape index (κ3) is 2.06. The Morgan fingerprint density at radius 1 is 1.41 bits per heavy atom. The minimum atomic E-state index is -1.10. The van der Waals surface area contributed by atoms with Gasteiger partial charge in [0.15, 0.2) is 12.1 Å². The van der Waals surface area contributed by atoms with Crippen LogP contribution in [0.4, 0.5) is 4.79 Å². The molecule has 5 nitrogen and oxygen atoms in total. The first kappa shape index (κ1) is 11.7. The van der Waals surface area contributed by atoms with Gasteiger partial charge in [-0.3, -0.25) is 4.90 Å². The van der Waals surface area contributed by atoms with E-state index < -0.39 is 24.2 Å². The van der Waals surface area contributed by atoms with E-state index in [1.807, 2.05) is 0 Å². The summed E-state index contributed by atoms with van der Waals surface area (Å²) in [6.07, 6.45) is -1.44. The Bertz CT molecular complexity index is 459. The van der Waals surface area contributed by atoms with Crippen LogP contribution in [0.1, 0.15) is 11.7 Å². The fourth-order valence-corrected chi connectivity index (χ4v) is 1.90. The third-order valence-corrected chi connectivity index (χ3v) is 2.92. The largest absolute Gasteiger partial charge is 0.480 e. The number of hydrogen-bond acceptors (Lipinski definition) is 3. The molecule has 2 rings (SSSR count). The van der Waals surface area contributed by atoms with E-state index in [9.17, 15) is 9.59 Å². The van der Waals surface area contributed by atoms with Crippen LogP contribution in [0.3, 0.4) is 0 Å². The van der Waals surface area contributed by atoms with Crippen LogP contribution in [-0.2, 0) is 9.53 Å². The molecule has 0 saturated carbocycles. The molecule has 1 N–H and O–H groups in total. The molecule has 2 atom stereocenters. The summed E-state index contributed by atoms with van der Waals surface area (Å²) in [6, 6.07) is 5.54. The highest BCUT2D eigenvalue weighted by molar-refractivity contribution is 6.30. The highest BCUT2D eigenvalue weighted by atomic mass is 35.5. The van der Waals surface area contributed by atoms with Crippen LogP contribution in [0, 0.1) is 0 Å². The number of rotatable bonds is 2. The number of cyclic esters (lactones) is 1. The van der Waals surface area contributed by atoms with Gasteiger partial charge in [-0.25, -0.2) is 9.59 Å². The molecule has 1 saturated heterocycles. The molecule has 0 aliphatic carbocycles. The maximum atomic E-state index is 11.4. The van der Waals surface area contributed by atoms with Crippen LogP contribution >= 0.6 is 11.6 Å². The highest BCUT2D eigenvalue weighted by Gasteiger charge is 2.45. The number of aliphatic carboxylic acids is 1. The summed E-state index contributed by atoms with van der Waals surface area (Å²) in [4.78, 5) is 23.5. The number of benzene rings is 1. The number of ether oxygens (including phenoxy) is 1. The maximum Gasteiger partial charge on any atom is 0.411 e. The Labute approximate surface area is 103 Å². The molecule has 1 heterocycles. The molecule has 0 radical (unpaired) electrons. The smallest absolute Gasteiger partial charge is 0.411 e. The zero-order valence-electron chi connectivity index (χ0n) is 8.96. The first-order valence-corrected chi connectivity index (χ1v) is 5.30. The lowest BCUT2D eigenvalue weighted by Gasteiger charge is -2.16. The number of nitrogens with zero attached hydrogens (tertiary/aromatic N) is 1. The Morgan fingerprint density at radius 2 is 2.00 bits per heavy atom. The minimum absolute atomic E-state index is 0.540. The van der Waals surface area contributed by atoms with Crippen molar-refractivity contribution in [2.75, 3.05) is 7.05 Å². The lowest BCUT2D eigenvalue weighted by atomic mass is 10.0. The van der Waals surface area contributed by atoms with Gasteiger partial charge in [-0.05, 0) is 17.7 Å². The maximum absolute atomic E-state index is 11.4. The molecule has 0 spiro atoms. The van der Waals surface area contributed by atoms with Crippen molar-refractivity contribution in [2.24, 2.45) is 0 Å². The number of carboxylic acid groups (broad SMARTS) is 1. The lowest BCUT2D eigenvalue weighted by Crippen LogP contribution is -2.37. The summed E-state index contributed by atoms with van der Waals surface area (Å²) in [5, 5.41) is 9.63. The van der Waals surface area contributed by atoms with E-state index in [4.69, 9.17) is 21.4 Å². The van der Waals surface area contributed by atoms with Crippen molar-refractivity contribution < 1.29 is 19.4 Å². The van der Waals surface area contributed by atoms with Crippen LogP contribution in [0.2, 0.25) is 5.02 Å². The van der Waals surface area contributed by atoms with Crippen LogP contribution in [0.15, 0.2) is 24.3 Å². The van der Waals surface area contributed by atoms with Crippen molar-refractivity contribution in [3.8, 4) is 0 Å². The highest BCUT2D eigenvalue weighted by Crippen LogP contribution is 2.32. The monoisotopic (exact) mass is 255 g/mol. The zero-order valence-corrected chi connectivity index (χ0v) is 9.72. The number of halogens is 1. The topological polar surface area (TPSA) is 66.8 Å². The number of carboxylic acids is 1. The summed E-state index contributed by atoms with van der Waals surface area (Å²) >= 11 is 5.74. The molecule has 1 aliphatic rings. The number of carbonyl (C=O) groups excluding carboxylic acids is 1. The van der Waals surface area contributed by atoms with Crippen molar-refractivity contribution >= 4 is 23.7 Å². The molecule has 1 fully saturated rings. The SMILES string of the molecule is CN1C(=O)OC(c2ccc(Cl)cc2)C1C(=O)O. The molecule has 17 heavy (non-hydrogen) atoms. The molecule has 2 unspecified atom stereocenters. The predicted molar refractivity (Wildman–Crippen MR) is 59.9 cm³/mol. The first-order chi connectivity index (χ1) is 8.00. The van der Waals surface area contributed by atoms with Gasteiger partial charge in [0.25, 0.3) is 0 Å². The third-order valence-electron chi connectivity index (χ3n) is 2.67. The molecule has 90 valence electrons. The number of likely N-dealkylation sites (N-methyl/N-ethyl adjacent to an activating group) is 1. The standard InChI is InChI=1S/C11H10ClNO4/c1-13-8(10(14)15)9(17-11(13)16)6-2-4-7(12)5-3-6/h2-5,8-9H,1H3,(H,14,15). The van der Waals surface area contributed by atoms with Crippen LogP contribution < -0.4 is 0 Å². The van der Waals surface area contributed by atoms with Crippen molar-refractivity contribution in [3.63, 3.8) is 0 Å². The normalized spacial score (nSPS) is 23.6. The Hall–Kier alpha value is -1.75. The fourth-order valence-electron chi connectivity index (χ4n) is 1.77. The van der Waals surface area contributed by atoms with Gasteiger partial charge in [0.1, 0.15) is 0 Å². The summed E-state index contributed by atoms with van der Waals surface area (Å²) in [6.45, 7) is 0. The molecule has 6 heteroatoms. The average Bonchev–Trinajstić information content (AvgIpc) is 2.56. The second kappa shape index (κ2) is 4.25. The number of hydrogen-bond donors (Lipinski definition) is 1. The summed E-state index contributed by atoms with van der Waals surface area (Å²) < 4.78 is 5.04. The van der Waals surface area contributed by atoms with Gasteiger partial charge < -0.3 is 9.84 Å². The molecule has 0 aromatic heterocycles. The van der Waals surface area contributed by atoms with Crippen LogP contribution in [0.5, 0.6) is 0 Å². The van der Waals surface area contributed by atoms with E-state index >= 15 is 0 Å². The Balaban J connectivity index is 2.34. The van der Waals surface area contributed by atoms with E-state index in [2.05, 4.69) is 0 Å². The second-order valence-corrected chi connectivity index (χ2v) is 4.19. The van der Waals surface area contributed by atoms with Gasteiger partial charge in [0.05, 0.1) is 0 Å². The summed E-state index contributed by atoms with van der Waals surface area (Å²) in [7, 11) is 1.40. The Morgan fingerprint density at radius 3 is 2.53 bits per heavy atom. The molecular formula is C11H10ClNO4. The van der Waals surface area contributed by atoms with Gasteiger partial charge in [-0.1, -0.05) is 23.7 Å². The Kier molecular flexibility index (Phi) is 2.93. The van der Waals surface area contributed by atoms with Crippen molar-refractivity contribution in [3.05, 3.63) is 34.9 Å². The number of amides is 1. The second-order valence-electron chi connectivity index (χ2n) is 3.75. The van der Waals surface area contributed by atoms with Crippen molar-refractivity contribution in [1.82, 2.24) is 4.90 Å².